The van der Waals surface area contributed by atoms with Crippen molar-refractivity contribution in [3.8, 4) is 11.6 Å². The summed E-state index contributed by atoms with van der Waals surface area (Å²) in [6.07, 6.45) is 1.54. The van der Waals surface area contributed by atoms with Gasteiger partial charge in [-0.2, -0.15) is 5.10 Å². The van der Waals surface area contributed by atoms with E-state index in [1.807, 2.05) is 20.8 Å². The second-order valence-electron chi connectivity index (χ2n) is 7.93. The number of nitrogens with zero attached hydrogens (tertiary/aromatic N) is 3. The maximum Gasteiger partial charge on any atom is 0.272 e. The molecule has 0 bridgehead atoms. The lowest BCUT2D eigenvalue weighted by molar-refractivity contribution is -0.385. The Morgan fingerprint density at radius 2 is 2.03 bits per heavy atom. The Hall–Kier alpha value is -3.62. The van der Waals surface area contributed by atoms with Gasteiger partial charge < -0.3 is 14.5 Å². The van der Waals surface area contributed by atoms with E-state index in [0.717, 1.165) is 0 Å². The lowest BCUT2D eigenvalue weighted by Gasteiger charge is -2.22. The summed E-state index contributed by atoms with van der Waals surface area (Å²) in [5, 5.41) is 18.3. The first kappa shape index (κ1) is 21.1. The quantitative estimate of drug-likeness (QED) is 0.472. The van der Waals surface area contributed by atoms with Gasteiger partial charge in [0.2, 0.25) is 5.88 Å². The van der Waals surface area contributed by atoms with Crippen molar-refractivity contribution in [2.75, 3.05) is 0 Å². The van der Waals surface area contributed by atoms with Crippen molar-refractivity contribution in [2.24, 2.45) is 0 Å². The summed E-state index contributed by atoms with van der Waals surface area (Å²) in [5.74, 6) is 1.11. The average molecular weight is 412 g/mol. The second kappa shape index (κ2) is 8.02. The standard InChI is InChI=1S/C21H24N4O5/c1-13-11-15(8-9-17(13)25(27)28)30-20-14(2)18(23-24(20)21(3,4)5)19(26)22-12-16-7-6-10-29-16/h6-11H,12H2,1-5H3,(H,22,26). The van der Waals surface area contributed by atoms with Crippen LogP contribution in [0.15, 0.2) is 41.0 Å². The number of amides is 1. The van der Waals surface area contributed by atoms with Gasteiger partial charge in [0.15, 0.2) is 5.69 Å². The monoisotopic (exact) mass is 412 g/mol. The van der Waals surface area contributed by atoms with Crippen LogP contribution in [-0.4, -0.2) is 20.6 Å². The molecule has 0 atom stereocenters. The van der Waals surface area contributed by atoms with Crippen LogP contribution in [0.25, 0.3) is 0 Å². The number of aryl methyl sites for hydroxylation is 1. The van der Waals surface area contributed by atoms with Crippen molar-refractivity contribution in [1.82, 2.24) is 15.1 Å². The number of hydrogen-bond acceptors (Lipinski definition) is 6. The summed E-state index contributed by atoms with van der Waals surface area (Å²) in [6.45, 7) is 9.47. The first-order valence-corrected chi connectivity index (χ1v) is 9.41. The molecule has 1 aromatic carbocycles. The number of hydrogen-bond donors (Lipinski definition) is 1. The number of nitrogens with one attached hydrogen (secondary N) is 1. The van der Waals surface area contributed by atoms with Crippen LogP contribution < -0.4 is 10.1 Å². The highest BCUT2D eigenvalue weighted by atomic mass is 16.6. The number of ether oxygens (including phenoxy) is 1. The largest absolute Gasteiger partial charge is 0.467 e. The van der Waals surface area contributed by atoms with E-state index in [0.29, 0.717) is 28.5 Å². The third-order valence-corrected chi connectivity index (χ3v) is 4.50. The number of carbonyl (C=O) groups is 1. The molecule has 0 aliphatic rings. The Kier molecular flexibility index (Phi) is 5.64. The van der Waals surface area contributed by atoms with Crippen LogP contribution in [0, 0.1) is 24.0 Å². The highest BCUT2D eigenvalue weighted by Gasteiger charge is 2.28. The first-order chi connectivity index (χ1) is 14.1. The Morgan fingerprint density at radius 3 is 2.60 bits per heavy atom. The number of furan rings is 1. The van der Waals surface area contributed by atoms with E-state index in [4.69, 9.17) is 9.15 Å². The molecule has 0 spiro atoms. The summed E-state index contributed by atoms with van der Waals surface area (Å²) in [5.41, 5.74) is 0.841. The molecule has 2 heterocycles. The average Bonchev–Trinajstić information content (AvgIpc) is 3.28. The molecular weight excluding hydrogens is 388 g/mol. The molecule has 0 aliphatic heterocycles. The fourth-order valence-corrected chi connectivity index (χ4v) is 2.94. The van der Waals surface area contributed by atoms with E-state index in [2.05, 4.69) is 10.4 Å². The molecule has 0 saturated carbocycles. The lowest BCUT2D eigenvalue weighted by atomic mass is 10.1. The smallest absolute Gasteiger partial charge is 0.272 e. The van der Waals surface area contributed by atoms with Crippen molar-refractivity contribution in [2.45, 2.75) is 46.7 Å². The van der Waals surface area contributed by atoms with Crippen LogP contribution in [0.5, 0.6) is 11.6 Å². The minimum atomic E-state index is -0.463. The fourth-order valence-electron chi connectivity index (χ4n) is 2.94. The molecule has 0 aliphatic carbocycles. The van der Waals surface area contributed by atoms with E-state index >= 15 is 0 Å². The minimum Gasteiger partial charge on any atom is -0.467 e. The molecule has 158 valence electrons. The van der Waals surface area contributed by atoms with Gasteiger partial charge in [-0.15, -0.1) is 0 Å². The van der Waals surface area contributed by atoms with Crippen molar-refractivity contribution < 1.29 is 18.9 Å². The molecule has 30 heavy (non-hydrogen) atoms. The molecule has 3 aromatic rings. The van der Waals surface area contributed by atoms with Crippen molar-refractivity contribution in [3.63, 3.8) is 0 Å². The van der Waals surface area contributed by atoms with Gasteiger partial charge in [0.25, 0.3) is 11.6 Å². The fraction of sp³-hybridized carbons (Fsp3) is 0.333. The third kappa shape index (κ3) is 4.35. The molecule has 0 unspecified atom stereocenters. The van der Waals surface area contributed by atoms with Gasteiger partial charge >= 0.3 is 0 Å². The summed E-state index contributed by atoms with van der Waals surface area (Å²) >= 11 is 0. The van der Waals surface area contributed by atoms with Crippen LogP contribution >= 0.6 is 0 Å². The Morgan fingerprint density at radius 1 is 1.30 bits per heavy atom. The summed E-state index contributed by atoms with van der Waals surface area (Å²) in [7, 11) is 0. The number of nitro benzene ring substituents is 1. The van der Waals surface area contributed by atoms with E-state index in [1.54, 1.807) is 43.0 Å². The van der Waals surface area contributed by atoms with Gasteiger partial charge in [0.05, 0.1) is 23.3 Å². The van der Waals surface area contributed by atoms with Crippen molar-refractivity contribution >= 4 is 11.6 Å². The van der Waals surface area contributed by atoms with Crippen LogP contribution in [0.3, 0.4) is 0 Å². The summed E-state index contributed by atoms with van der Waals surface area (Å²) in [4.78, 5) is 23.3. The topological polar surface area (TPSA) is 112 Å². The van der Waals surface area contributed by atoms with Crippen molar-refractivity contribution in [1.29, 1.82) is 0 Å². The van der Waals surface area contributed by atoms with Gasteiger partial charge in [-0.1, -0.05) is 0 Å². The van der Waals surface area contributed by atoms with Crippen molar-refractivity contribution in [3.05, 3.63) is 69.3 Å². The van der Waals surface area contributed by atoms with Gasteiger partial charge in [0, 0.05) is 17.2 Å². The molecule has 3 rings (SSSR count). The van der Waals surface area contributed by atoms with Gasteiger partial charge in [-0.3, -0.25) is 14.9 Å². The van der Waals surface area contributed by atoms with E-state index < -0.39 is 10.5 Å². The molecule has 1 N–H and O–H groups in total. The predicted molar refractivity (Wildman–Crippen MR) is 110 cm³/mol. The normalized spacial score (nSPS) is 11.4. The van der Waals surface area contributed by atoms with E-state index in [-0.39, 0.29) is 23.8 Å². The van der Waals surface area contributed by atoms with Gasteiger partial charge in [-0.25, -0.2) is 4.68 Å². The van der Waals surface area contributed by atoms with Gasteiger partial charge in [-0.05, 0) is 58.9 Å². The Bertz CT molecular complexity index is 1080. The molecule has 1 amide bonds. The Balaban J connectivity index is 1.92. The summed E-state index contributed by atoms with van der Waals surface area (Å²) < 4.78 is 12.9. The Labute approximate surface area is 173 Å². The van der Waals surface area contributed by atoms with E-state index in [9.17, 15) is 14.9 Å². The molecule has 2 aromatic heterocycles. The zero-order valence-electron chi connectivity index (χ0n) is 17.6. The first-order valence-electron chi connectivity index (χ1n) is 9.41. The highest BCUT2D eigenvalue weighted by molar-refractivity contribution is 5.94. The van der Waals surface area contributed by atoms with Crippen LogP contribution in [0.2, 0.25) is 0 Å². The number of aromatic nitrogens is 2. The maximum absolute atomic E-state index is 12.7. The number of nitro groups is 1. The highest BCUT2D eigenvalue weighted by Crippen LogP contribution is 2.33. The molecule has 9 nitrogen and oxygen atoms in total. The lowest BCUT2D eigenvalue weighted by Crippen LogP contribution is -2.26. The zero-order chi connectivity index (χ0) is 22.1. The zero-order valence-corrected chi connectivity index (χ0v) is 17.6. The van der Waals surface area contributed by atoms with Crippen LogP contribution in [0.4, 0.5) is 5.69 Å². The minimum absolute atomic E-state index is 0.0152. The number of benzene rings is 1. The molecule has 0 fully saturated rings. The van der Waals surface area contributed by atoms with E-state index in [1.165, 1.54) is 12.1 Å². The number of carbonyl (C=O) groups excluding carboxylic acids is 1. The molecule has 0 saturated heterocycles. The molecule has 0 radical (unpaired) electrons. The second-order valence-corrected chi connectivity index (χ2v) is 7.93. The maximum atomic E-state index is 12.7. The number of rotatable bonds is 6. The van der Waals surface area contributed by atoms with Crippen LogP contribution in [-0.2, 0) is 12.1 Å². The molecular formula is C21H24N4O5. The van der Waals surface area contributed by atoms with Gasteiger partial charge in [0.1, 0.15) is 11.5 Å². The molecule has 9 heteroatoms. The SMILES string of the molecule is Cc1cc(Oc2c(C)c(C(=O)NCc3ccco3)nn2C(C)(C)C)ccc1[N+](=O)[O-]. The van der Waals surface area contributed by atoms with Crippen LogP contribution in [0.1, 0.15) is 48.1 Å². The summed E-state index contributed by atoms with van der Waals surface area (Å²) in [6, 6.07) is 8.04. The third-order valence-electron chi connectivity index (χ3n) is 4.50. The predicted octanol–water partition coefficient (Wildman–Crippen LogP) is 4.48.